The first-order valence-corrected chi connectivity index (χ1v) is 8.45. The number of amides is 1. The third-order valence-electron chi connectivity index (χ3n) is 2.81. The van der Waals surface area contributed by atoms with Crippen LogP contribution in [0.2, 0.25) is 0 Å². The topological polar surface area (TPSA) is 75.7 Å². The molecule has 0 aliphatic heterocycles. The van der Waals surface area contributed by atoms with Crippen molar-refractivity contribution >= 4 is 15.9 Å². The number of nitrogens with one attached hydrogen (secondary N) is 1. The molecule has 1 amide bonds. The fraction of sp³-hybridized carbons (Fsp3) is 0.500. The number of carbonyl (C=O) groups is 1. The highest BCUT2D eigenvalue weighted by Gasteiger charge is 2.21. The van der Waals surface area contributed by atoms with Gasteiger partial charge in [-0.3, -0.25) is 4.79 Å². The molecular formula is C14H22N2O4S. The molecule has 6 nitrogen and oxygen atoms in total. The van der Waals surface area contributed by atoms with Crippen molar-refractivity contribution < 1.29 is 17.9 Å². The monoisotopic (exact) mass is 314 g/mol. The van der Waals surface area contributed by atoms with Crippen molar-refractivity contribution in [2.75, 3.05) is 26.5 Å². The summed E-state index contributed by atoms with van der Waals surface area (Å²) in [5.41, 5.74) is 0.834. The van der Waals surface area contributed by atoms with E-state index in [0.717, 1.165) is 16.1 Å². The van der Waals surface area contributed by atoms with Gasteiger partial charge in [-0.2, -0.15) is 4.31 Å². The highest BCUT2D eigenvalue weighted by Crippen LogP contribution is 2.08. The molecule has 0 unspecified atom stereocenters. The van der Waals surface area contributed by atoms with Crippen LogP contribution in [0.1, 0.15) is 12.5 Å². The van der Waals surface area contributed by atoms with E-state index in [-0.39, 0.29) is 25.0 Å². The van der Waals surface area contributed by atoms with Gasteiger partial charge in [-0.15, -0.1) is 0 Å². The average Bonchev–Trinajstić information content (AvgIpc) is 2.38. The molecule has 7 heteroatoms. The van der Waals surface area contributed by atoms with Crippen LogP contribution >= 0.6 is 0 Å². The lowest BCUT2D eigenvalue weighted by Crippen LogP contribution is -2.44. The van der Waals surface area contributed by atoms with Crippen LogP contribution in [0.15, 0.2) is 30.3 Å². The third kappa shape index (κ3) is 6.70. The molecule has 0 aliphatic carbocycles. The Balaban J connectivity index is 2.69. The summed E-state index contributed by atoms with van der Waals surface area (Å²) in [6, 6.07) is 8.99. The molecule has 0 aromatic heterocycles. The van der Waals surface area contributed by atoms with Gasteiger partial charge in [-0.05, 0) is 12.5 Å². The Morgan fingerprint density at radius 1 is 1.33 bits per heavy atom. The Morgan fingerprint density at radius 2 is 1.95 bits per heavy atom. The summed E-state index contributed by atoms with van der Waals surface area (Å²) in [5, 5.41) is 2.70. The van der Waals surface area contributed by atoms with Gasteiger partial charge in [0.15, 0.2) is 0 Å². The van der Waals surface area contributed by atoms with Crippen LogP contribution in [-0.4, -0.2) is 51.2 Å². The van der Waals surface area contributed by atoms with Gasteiger partial charge in [-0.25, -0.2) is 8.42 Å². The van der Waals surface area contributed by atoms with Crippen molar-refractivity contribution in [3.63, 3.8) is 0 Å². The molecule has 0 aliphatic rings. The number of benzene rings is 1. The minimum atomic E-state index is -3.47. The first-order chi connectivity index (χ1) is 9.82. The predicted octanol–water partition coefficient (Wildman–Crippen LogP) is 0.599. The van der Waals surface area contributed by atoms with E-state index in [1.165, 1.54) is 0 Å². The summed E-state index contributed by atoms with van der Waals surface area (Å²) in [7, 11) is -1.92. The van der Waals surface area contributed by atoms with Crippen LogP contribution in [0.5, 0.6) is 0 Å². The molecular weight excluding hydrogens is 292 g/mol. The number of hydrogen-bond donors (Lipinski definition) is 1. The van der Waals surface area contributed by atoms with Gasteiger partial charge < -0.3 is 10.1 Å². The van der Waals surface area contributed by atoms with E-state index in [0.29, 0.717) is 6.61 Å². The van der Waals surface area contributed by atoms with Crippen LogP contribution in [0.4, 0.5) is 0 Å². The molecule has 0 heterocycles. The van der Waals surface area contributed by atoms with E-state index >= 15 is 0 Å². The van der Waals surface area contributed by atoms with Crippen molar-refractivity contribution in [3.8, 4) is 0 Å². The summed E-state index contributed by atoms with van der Waals surface area (Å²) in [5.74, 6) is -0.346. The second kappa shape index (κ2) is 8.11. The van der Waals surface area contributed by atoms with Gasteiger partial charge >= 0.3 is 0 Å². The highest BCUT2D eigenvalue weighted by atomic mass is 32.2. The molecule has 1 aromatic rings. The lowest BCUT2D eigenvalue weighted by Gasteiger charge is -2.21. The first kappa shape index (κ1) is 17.6. The van der Waals surface area contributed by atoms with E-state index in [9.17, 15) is 13.2 Å². The zero-order chi connectivity index (χ0) is 15.9. The molecule has 1 N–H and O–H groups in total. The summed E-state index contributed by atoms with van der Waals surface area (Å²) in [6.07, 6.45) is 1.10. The smallest absolute Gasteiger partial charge is 0.235 e. The molecule has 0 bridgehead atoms. The second-order valence-electron chi connectivity index (χ2n) is 4.94. The van der Waals surface area contributed by atoms with Crippen LogP contribution in [-0.2, 0) is 26.1 Å². The Labute approximate surface area is 126 Å². The van der Waals surface area contributed by atoms with Crippen molar-refractivity contribution in [2.24, 2.45) is 0 Å². The minimum absolute atomic E-state index is 0.166. The molecule has 1 aromatic carbocycles. The number of nitrogens with zero attached hydrogens (tertiary/aromatic N) is 1. The van der Waals surface area contributed by atoms with Crippen LogP contribution in [0.3, 0.4) is 0 Å². The molecule has 0 saturated carbocycles. The number of ether oxygens (including phenoxy) is 1. The van der Waals surface area contributed by atoms with Gasteiger partial charge in [0.05, 0.1) is 19.4 Å². The maximum Gasteiger partial charge on any atom is 0.235 e. The van der Waals surface area contributed by atoms with E-state index in [1.807, 2.05) is 30.3 Å². The quantitative estimate of drug-likeness (QED) is 0.762. The summed E-state index contributed by atoms with van der Waals surface area (Å²) in [6.45, 7) is 2.14. The molecule has 0 saturated heterocycles. The lowest BCUT2D eigenvalue weighted by atomic mass is 10.2. The largest absolute Gasteiger partial charge is 0.383 e. The zero-order valence-corrected chi connectivity index (χ0v) is 13.4. The molecule has 0 radical (unpaired) electrons. The van der Waals surface area contributed by atoms with E-state index in [2.05, 4.69) is 5.32 Å². The van der Waals surface area contributed by atoms with Crippen molar-refractivity contribution in [1.29, 1.82) is 0 Å². The normalized spacial score (nSPS) is 13.1. The van der Waals surface area contributed by atoms with Gasteiger partial charge in [-0.1, -0.05) is 30.3 Å². The maximum absolute atomic E-state index is 11.9. The molecule has 0 fully saturated rings. The highest BCUT2D eigenvalue weighted by molar-refractivity contribution is 7.88. The fourth-order valence-electron chi connectivity index (χ4n) is 1.85. The molecule has 21 heavy (non-hydrogen) atoms. The standard InChI is InChI=1S/C14H22N2O4S/c1-12(11-20-2)15-14(17)10-16(21(3,18)19)9-13-7-5-4-6-8-13/h4-8,12H,9-11H2,1-3H3,(H,15,17)/t12-/m0/s1. The maximum atomic E-state index is 11.9. The van der Waals surface area contributed by atoms with Gasteiger partial charge in [0, 0.05) is 19.7 Å². The molecule has 1 rings (SSSR count). The first-order valence-electron chi connectivity index (χ1n) is 6.60. The van der Waals surface area contributed by atoms with Gasteiger partial charge in [0.2, 0.25) is 15.9 Å². The number of sulfonamides is 1. The summed E-state index contributed by atoms with van der Waals surface area (Å²) < 4.78 is 29.7. The van der Waals surface area contributed by atoms with Crippen LogP contribution < -0.4 is 5.32 Å². The SMILES string of the molecule is COC[C@H](C)NC(=O)CN(Cc1ccccc1)S(C)(=O)=O. The lowest BCUT2D eigenvalue weighted by molar-refractivity contribution is -0.122. The van der Waals surface area contributed by atoms with Gasteiger partial charge in [0.1, 0.15) is 0 Å². The minimum Gasteiger partial charge on any atom is -0.383 e. The predicted molar refractivity (Wildman–Crippen MR) is 81.2 cm³/mol. The number of hydrogen-bond acceptors (Lipinski definition) is 4. The number of rotatable bonds is 8. The van der Waals surface area contributed by atoms with Gasteiger partial charge in [0.25, 0.3) is 0 Å². The number of carbonyl (C=O) groups excluding carboxylic acids is 1. The van der Waals surface area contributed by atoms with Crippen LogP contribution in [0, 0.1) is 0 Å². The molecule has 118 valence electrons. The Morgan fingerprint density at radius 3 is 2.48 bits per heavy atom. The van der Waals surface area contributed by atoms with E-state index < -0.39 is 10.0 Å². The van der Waals surface area contributed by atoms with E-state index in [1.54, 1.807) is 14.0 Å². The number of methoxy groups -OCH3 is 1. The third-order valence-corrected chi connectivity index (χ3v) is 4.01. The van der Waals surface area contributed by atoms with Crippen molar-refractivity contribution in [2.45, 2.75) is 19.5 Å². The van der Waals surface area contributed by atoms with E-state index in [4.69, 9.17) is 4.74 Å². The molecule has 0 spiro atoms. The zero-order valence-electron chi connectivity index (χ0n) is 12.6. The fourth-order valence-corrected chi connectivity index (χ4v) is 2.59. The Kier molecular flexibility index (Phi) is 6.80. The van der Waals surface area contributed by atoms with Crippen molar-refractivity contribution in [1.82, 2.24) is 9.62 Å². The summed E-state index contributed by atoms with van der Waals surface area (Å²) >= 11 is 0. The van der Waals surface area contributed by atoms with Crippen LogP contribution in [0.25, 0.3) is 0 Å². The average molecular weight is 314 g/mol. The molecule has 1 atom stereocenters. The Hall–Kier alpha value is -1.44. The Bertz CT molecular complexity index is 545. The second-order valence-corrected chi connectivity index (χ2v) is 6.92. The summed E-state index contributed by atoms with van der Waals surface area (Å²) in [4.78, 5) is 11.9. The van der Waals surface area contributed by atoms with Crippen molar-refractivity contribution in [3.05, 3.63) is 35.9 Å².